The molecule has 7 atom stereocenters. The maximum atomic E-state index is 13.0. The second-order valence-corrected chi connectivity index (χ2v) is 17.4. The molecule has 1 aliphatic rings. The van der Waals surface area contributed by atoms with E-state index >= 15 is 0 Å². The van der Waals surface area contributed by atoms with Gasteiger partial charge in [0.15, 0.2) is 6.29 Å². The van der Waals surface area contributed by atoms with Crippen molar-refractivity contribution in [1.29, 1.82) is 0 Å². The Balaban J connectivity index is 2.44. The Morgan fingerprint density at radius 1 is 0.684 bits per heavy atom. The number of amides is 1. The molecule has 0 saturated carbocycles. The molecule has 6 N–H and O–H groups in total. The molecular formula is C44H85NO11S. The fourth-order valence-corrected chi connectivity index (χ4v) is 7.96. The molecule has 0 bridgehead atoms. The highest BCUT2D eigenvalue weighted by Gasteiger charge is 2.48. The molecule has 7 unspecified atom stereocenters. The van der Waals surface area contributed by atoms with Gasteiger partial charge in [0.1, 0.15) is 24.4 Å². The first-order valence-corrected chi connectivity index (χ1v) is 24.4. The van der Waals surface area contributed by atoms with Gasteiger partial charge in [0.25, 0.3) is 0 Å². The molecule has 1 amide bonds. The van der Waals surface area contributed by atoms with Crippen LogP contribution >= 0.6 is 0 Å². The Morgan fingerprint density at radius 2 is 1.12 bits per heavy atom. The van der Waals surface area contributed by atoms with Gasteiger partial charge in [0.05, 0.1) is 25.4 Å². The lowest BCUT2D eigenvalue weighted by Gasteiger charge is -2.41. The SMILES string of the molecule is CCCCCCCCCCC/C=C\CCCCCCCCCC(=O)NC(COC1OC(CO)C(O)C(OS(=O)(=O)O)C1O)C(O)CCCCCCCCCCCC. The third-order valence-electron chi connectivity index (χ3n) is 11.1. The summed E-state index contributed by atoms with van der Waals surface area (Å²) < 4.78 is 47.5. The van der Waals surface area contributed by atoms with Crippen LogP contribution in [0.1, 0.15) is 206 Å². The summed E-state index contributed by atoms with van der Waals surface area (Å²) in [7, 11) is -5.07. The largest absolute Gasteiger partial charge is 0.397 e. The second kappa shape index (κ2) is 35.6. The van der Waals surface area contributed by atoms with Gasteiger partial charge in [-0.1, -0.05) is 174 Å². The van der Waals surface area contributed by atoms with E-state index in [1.165, 1.54) is 122 Å². The molecule has 0 aromatic heterocycles. The number of allylic oxidation sites excluding steroid dienone is 2. The van der Waals surface area contributed by atoms with Crippen LogP contribution in [0.5, 0.6) is 0 Å². The van der Waals surface area contributed by atoms with E-state index in [4.69, 9.17) is 14.0 Å². The van der Waals surface area contributed by atoms with E-state index in [0.717, 1.165) is 51.4 Å². The number of aliphatic hydroxyl groups is 4. The van der Waals surface area contributed by atoms with Gasteiger partial charge in [-0.3, -0.25) is 9.35 Å². The highest BCUT2D eigenvalue weighted by atomic mass is 32.3. The van der Waals surface area contributed by atoms with Gasteiger partial charge in [0, 0.05) is 6.42 Å². The highest BCUT2D eigenvalue weighted by Crippen LogP contribution is 2.26. The lowest BCUT2D eigenvalue weighted by Crippen LogP contribution is -2.61. The minimum Gasteiger partial charge on any atom is -0.394 e. The van der Waals surface area contributed by atoms with Crippen LogP contribution in [0.15, 0.2) is 12.2 Å². The standard InChI is InChI=1S/C44H85NO11S/c1-3-5-7-9-11-13-15-16-17-18-19-20-21-22-23-24-26-28-30-32-34-40(48)45-37(38(47)33-31-29-27-25-14-12-10-8-6-4-2)36-54-44-42(50)43(56-57(51,52)53)41(49)39(35-46)55-44/h19-20,37-39,41-44,46-47,49-50H,3-18,21-36H2,1-2H3,(H,45,48)(H,51,52,53)/b20-19-. The second-order valence-electron chi connectivity index (χ2n) is 16.3. The zero-order valence-electron chi connectivity index (χ0n) is 35.9. The summed E-state index contributed by atoms with van der Waals surface area (Å²) in [6.07, 6.45) is 29.4. The van der Waals surface area contributed by atoms with Crippen LogP contribution in [-0.2, 0) is 28.9 Å². The predicted molar refractivity (Wildman–Crippen MR) is 227 cm³/mol. The number of aliphatic hydroxyl groups excluding tert-OH is 4. The Morgan fingerprint density at radius 3 is 1.58 bits per heavy atom. The summed E-state index contributed by atoms with van der Waals surface area (Å²) >= 11 is 0. The van der Waals surface area contributed by atoms with Crippen molar-refractivity contribution < 1.29 is 51.8 Å². The third kappa shape index (κ3) is 28.9. The van der Waals surface area contributed by atoms with Crippen LogP contribution in [0.25, 0.3) is 0 Å². The summed E-state index contributed by atoms with van der Waals surface area (Å²) in [6, 6.07) is -0.855. The molecule has 0 aromatic carbocycles. The van der Waals surface area contributed by atoms with Gasteiger partial charge >= 0.3 is 10.4 Å². The number of unbranched alkanes of at least 4 members (excludes halogenated alkanes) is 25. The first kappa shape index (κ1) is 53.9. The lowest BCUT2D eigenvalue weighted by molar-refractivity contribution is -0.298. The first-order chi connectivity index (χ1) is 27.5. The van der Waals surface area contributed by atoms with Crippen molar-refractivity contribution in [3.8, 4) is 0 Å². The number of carbonyl (C=O) groups excluding carboxylic acids is 1. The van der Waals surface area contributed by atoms with E-state index in [2.05, 4.69) is 35.5 Å². The molecular weight excluding hydrogens is 751 g/mol. The van der Waals surface area contributed by atoms with E-state index in [1.54, 1.807) is 0 Å². The maximum Gasteiger partial charge on any atom is 0.397 e. The molecule has 0 radical (unpaired) electrons. The van der Waals surface area contributed by atoms with Crippen molar-refractivity contribution >= 4 is 16.3 Å². The van der Waals surface area contributed by atoms with Gasteiger partial charge in [-0.15, -0.1) is 0 Å². The average molecular weight is 836 g/mol. The van der Waals surface area contributed by atoms with Gasteiger partial charge < -0.3 is 35.2 Å². The molecule has 1 rings (SSSR count). The molecule has 57 heavy (non-hydrogen) atoms. The number of rotatable bonds is 39. The van der Waals surface area contributed by atoms with E-state index in [1.807, 2.05) is 0 Å². The monoisotopic (exact) mass is 836 g/mol. The van der Waals surface area contributed by atoms with Crippen LogP contribution < -0.4 is 5.32 Å². The topological polar surface area (TPSA) is 192 Å². The van der Waals surface area contributed by atoms with E-state index in [9.17, 15) is 33.6 Å². The molecule has 1 aliphatic heterocycles. The number of hydrogen-bond donors (Lipinski definition) is 6. The molecule has 0 aliphatic carbocycles. The molecule has 338 valence electrons. The normalized spacial score (nSPS) is 21.3. The molecule has 1 fully saturated rings. The quantitative estimate of drug-likeness (QED) is 0.0197. The molecule has 1 saturated heterocycles. The lowest BCUT2D eigenvalue weighted by atomic mass is 9.99. The Bertz CT molecular complexity index is 1080. The van der Waals surface area contributed by atoms with Gasteiger partial charge in [-0.05, 0) is 38.5 Å². The number of hydrogen-bond acceptors (Lipinski definition) is 10. The summed E-state index contributed by atoms with van der Waals surface area (Å²) in [5.74, 6) is -0.235. The molecule has 1 heterocycles. The highest BCUT2D eigenvalue weighted by molar-refractivity contribution is 7.80. The summed E-state index contributed by atoms with van der Waals surface area (Å²) in [5, 5.41) is 44.7. The maximum absolute atomic E-state index is 13.0. The number of nitrogens with one attached hydrogen (secondary N) is 1. The minimum atomic E-state index is -5.07. The predicted octanol–water partition coefficient (Wildman–Crippen LogP) is 8.77. The zero-order valence-corrected chi connectivity index (χ0v) is 36.7. The number of ether oxygens (including phenoxy) is 2. The Labute approximate surface area is 347 Å². The molecule has 13 heteroatoms. The fraction of sp³-hybridized carbons (Fsp3) is 0.932. The third-order valence-corrected chi connectivity index (χ3v) is 11.5. The number of carbonyl (C=O) groups is 1. The fourth-order valence-electron chi connectivity index (χ4n) is 7.45. The summed E-state index contributed by atoms with van der Waals surface area (Å²) in [4.78, 5) is 13.0. The average Bonchev–Trinajstić information content (AvgIpc) is 3.18. The van der Waals surface area contributed by atoms with Crippen molar-refractivity contribution in [2.75, 3.05) is 13.2 Å². The smallest absolute Gasteiger partial charge is 0.394 e. The first-order valence-electron chi connectivity index (χ1n) is 23.1. The van der Waals surface area contributed by atoms with E-state index in [-0.39, 0.29) is 18.9 Å². The van der Waals surface area contributed by atoms with Crippen LogP contribution in [0, 0.1) is 0 Å². The van der Waals surface area contributed by atoms with Gasteiger partial charge in [-0.25, -0.2) is 4.18 Å². The van der Waals surface area contributed by atoms with Crippen molar-refractivity contribution in [1.82, 2.24) is 5.32 Å². The van der Waals surface area contributed by atoms with Crippen LogP contribution in [0.2, 0.25) is 0 Å². The Kier molecular flexibility index (Phi) is 33.6. The molecule has 12 nitrogen and oxygen atoms in total. The summed E-state index contributed by atoms with van der Waals surface area (Å²) in [6.45, 7) is 3.42. The summed E-state index contributed by atoms with van der Waals surface area (Å²) in [5.41, 5.74) is 0. The van der Waals surface area contributed by atoms with Crippen molar-refractivity contribution in [2.24, 2.45) is 0 Å². The van der Waals surface area contributed by atoms with Gasteiger partial charge in [0.2, 0.25) is 5.91 Å². The minimum absolute atomic E-state index is 0.235. The van der Waals surface area contributed by atoms with Crippen LogP contribution in [0.4, 0.5) is 0 Å². The molecule has 0 aromatic rings. The van der Waals surface area contributed by atoms with E-state index < -0.39 is 59.9 Å². The molecule has 0 spiro atoms. The zero-order chi connectivity index (χ0) is 42.0. The van der Waals surface area contributed by atoms with E-state index in [0.29, 0.717) is 12.8 Å². The van der Waals surface area contributed by atoms with Crippen LogP contribution in [0.3, 0.4) is 0 Å². The van der Waals surface area contributed by atoms with Crippen LogP contribution in [-0.4, -0.2) is 95.4 Å². The van der Waals surface area contributed by atoms with Crippen molar-refractivity contribution in [3.05, 3.63) is 12.2 Å². The Hall–Kier alpha value is -1.16. The van der Waals surface area contributed by atoms with Crippen molar-refractivity contribution in [3.63, 3.8) is 0 Å². The van der Waals surface area contributed by atoms with Gasteiger partial charge in [-0.2, -0.15) is 8.42 Å². The van der Waals surface area contributed by atoms with Crippen molar-refractivity contribution in [2.45, 2.75) is 249 Å².